The minimum absolute atomic E-state index is 0.398. The van der Waals surface area contributed by atoms with Gasteiger partial charge < -0.3 is 10.1 Å². The molecule has 0 fully saturated rings. The first kappa shape index (κ1) is 17.0. The summed E-state index contributed by atoms with van der Waals surface area (Å²) in [5.74, 6) is 1.78. The number of ether oxygens (including phenoxy) is 1. The van der Waals surface area contributed by atoms with E-state index in [9.17, 15) is 0 Å². The Kier molecular flexibility index (Phi) is 7.68. The molecule has 0 heterocycles. The van der Waals surface area contributed by atoms with Gasteiger partial charge in [-0.25, -0.2) is 0 Å². The number of hydrogen-bond donors (Lipinski definition) is 1. The van der Waals surface area contributed by atoms with Crippen molar-refractivity contribution >= 4 is 0 Å². The molecule has 1 unspecified atom stereocenters. The van der Waals surface area contributed by atoms with Gasteiger partial charge in [-0.2, -0.15) is 0 Å². The first-order valence-electron chi connectivity index (χ1n) is 8.04. The zero-order chi connectivity index (χ0) is 15.0. The van der Waals surface area contributed by atoms with E-state index in [1.807, 2.05) is 0 Å². The number of rotatable bonds is 9. The fourth-order valence-corrected chi connectivity index (χ4v) is 2.72. The monoisotopic (exact) mass is 277 g/mol. The quantitative estimate of drug-likeness (QED) is 0.695. The van der Waals surface area contributed by atoms with E-state index in [2.05, 4.69) is 51.2 Å². The molecule has 2 heteroatoms. The lowest BCUT2D eigenvalue weighted by molar-refractivity contribution is 0.353. The van der Waals surface area contributed by atoms with E-state index < -0.39 is 0 Å². The molecule has 1 aromatic carbocycles. The van der Waals surface area contributed by atoms with Crippen LogP contribution in [0.3, 0.4) is 0 Å². The Hall–Kier alpha value is -1.02. The number of methoxy groups -OCH3 is 1. The summed E-state index contributed by atoms with van der Waals surface area (Å²) in [4.78, 5) is 0. The minimum Gasteiger partial charge on any atom is -0.496 e. The van der Waals surface area contributed by atoms with Crippen LogP contribution in [-0.4, -0.2) is 13.7 Å². The van der Waals surface area contributed by atoms with Gasteiger partial charge in [0.25, 0.3) is 0 Å². The van der Waals surface area contributed by atoms with Gasteiger partial charge >= 0.3 is 0 Å². The number of nitrogens with one attached hydrogen (secondary N) is 1. The minimum atomic E-state index is 0.398. The zero-order valence-corrected chi connectivity index (χ0v) is 13.8. The first-order valence-corrected chi connectivity index (χ1v) is 8.04. The van der Waals surface area contributed by atoms with E-state index in [0.717, 1.165) is 24.6 Å². The van der Waals surface area contributed by atoms with Crippen LogP contribution in [0.15, 0.2) is 18.2 Å². The Morgan fingerprint density at radius 3 is 2.40 bits per heavy atom. The standard InChI is InChI=1S/C18H31NO/c1-6-11-19-17(13-15(7-2)8-3)16-12-14(4)9-10-18(16)20-5/h9-10,12,15,17,19H,6-8,11,13H2,1-5H3. The molecule has 1 N–H and O–H groups in total. The Balaban J connectivity index is 2.99. The molecule has 0 amide bonds. The molecule has 0 radical (unpaired) electrons. The Labute approximate surface area is 124 Å². The van der Waals surface area contributed by atoms with Crippen LogP contribution in [0.4, 0.5) is 0 Å². The van der Waals surface area contributed by atoms with Crippen molar-refractivity contribution in [3.05, 3.63) is 29.3 Å². The van der Waals surface area contributed by atoms with Crippen molar-refractivity contribution in [2.45, 2.75) is 59.4 Å². The lowest BCUT2D eigenvalue weighted by Crippen LogP contribution is -2.25. The molecule has 0 aliphatic carbocycles. The van der Waals surface area contributed by atoms with Crippen molar-refractivity contribution in [1.29, 1.82) is 0 Å². The maximum Gasteiger partial charge on any atom is 0.123 e. The molecule has 0 spiro atoms. The van der Waals surface area contributed by atoms with Gasteiger partial charge in [0, 0.05) is 11.6 Å². The smallest absolute Gasteiger partial charge is 0.123 e. The lowest BCUT2D eigenvalue weighted by Gasteiger charge is -2.25. The molecule has 0 aliphatic rings. The van der Waals surface area contributed by atoms with Crippen molar-refractivity contribution in [1.82, 2.24) is 5.32 Å². The summed E-state index contributed by atoms with van der Waals surface area (Å²) < 4.78 is 5.57. The van der Waals surface area contributed by atoms with Crippen LogP contribution in [-0.2, 0) is 0 Å². The van der Waals surface area contributed by atoms with E-state index in [-0.39, 0.29) is 0 Å². The van der Waals surface area contributed by atoms with Gasteiger partial charge in [-0.1, -0.05) is 51.3 Å². The van der Waals surface area contributed by atoms with Gasteiger partial charge in [0.2, 0.25) is 0 Å². The Bertz CT molecular complexity index is 385. The van der Waals surface area contributed by atoms with Gasteiger partial charge in [0.15, 0.2) is 0 Å². The second-order valence-electron chi connectivity index (χ2n) is 5.67. The van der Waals surface area contributed by atoms with E-state index in [0.29, 0.717) is 6.04 Å². The fraction of sp³-hybridized carbons (Fsp3) is 0.667. The third-order valence-electron chi connectivity index (χ3n) is 4.13. The normalized spacial score (nSPS) is 12.7. The van der Waals surface area contributed by atoms with Crippen LogP contribution in [0.5, 0.6) is 5.75 Å². The summed E-state index contributed by atoms with van der Waals surface area (Å²) in [5.41, 5.74) is 2.61. The van der Waals surface area contributed by atoms with Crippen molar-refractivity contribution < 1.29 is 4.74 Å². The molecule has 1 aromatic rings. The largest absolute Gasteiger partial charge is 0.496 e. The molecule has 1 atom stereocenters. The summed E-state index contributed by atoms with van der Waals surface area (Å²) in [7, 11) is 1.77. The van der Waals surface area contributed by atoms with Crippen LogP contribution >= 0.6 is 0 Å². The molecule has 0 saturated heterocycles. The third kappa shape index (κ3) is 4.82. The van der Waals surface area contributed by atoms with E-state index >= 15 is 0 Å². The zero-order valence-electron chi connectivity index (χ0n) is 13.8. The van der Waals surface area contributed by atoms with Crippen LogP contribution in [0.2, 0.25) is 0 Å². The van der Waals surface area contributed by atoms with E-state index in [1.165, 1.54) is 30.4 Å². The fourth-order valence-electron chi connectivity index (χ4n) is 2.72. The molecular formula is C18H31NO. The van der Waals surface area contributed by atoms with Crippen molar-refractivity contribution in [2.75, 3.05) is 13.7 Å². The first-order chi connectivity index (χ1) is 9.65. The molecule has 2 nitrogen and oxygen atoms in total. The second-order valence-corrected chi connectivity index (χ2v) is 5.67. The SMILES string of the molecule is CCCNC(CC(CC)CC)c1cc(C)ccc1OC. The van der Waals surface area contributed by atoms with Gasteiger partial charge in [0.1, 0.15) is 5.75 Å². The molecule has 20 heavy (non-hydrogen) atoms. The molecule has 114 valence electrons. The average Bonchev–Trinajstić information content (AvgIpc) is 2.47. The highest BCUT2D eigenvalue weighted by Gasteiger charge is 2.19. The summed E-state index contributed by atoms with van der Waals surface area (Å²) in [6.07, 6.45) is 4.84. The van der Waals surface area contributed by atoms with Gasteiger partial charge in [-0.15, -0.1) is 0 Å². The van der Waals surface area contributed by atoms with Crippen LogP contribution in [0.25, 0.3) is 0 Å². The summed E-state index contributed by atoms with van der Waals surface area (Å²) in [6, 6.07) is 6.89. The topological polar surface area (TPSA) is 21.3 Å². The van der Waals surface area contributed by atoms with Crippen LogP contribution < -0.4 is 10.1 Å². The predicted molar refractivity (Wildman–Crippen MR) is 87.5 cm³/mol. The second kappa shape index (κ2) is 9.02. The Morgan fingerprint density at radius 2 is 1.85 bits per heavy atom. The molecular weight excluding hydrogens is 246 g/mol. The molecule has 0 saturated carbocycles. The van der Waals surface area contributed by atoms with Gasteiger partial charge in [-0.05, 0) is 38.3 Å². The maximum absolute atomic E-state index is 5.57. The van der Waals surface area contributed by atoms with E-state index in [1.54, 1.807) is 7.11 Å². The highest BCUT2D eigenvalue weighted by molar-refractivity contribution is 5.39. The predicted octanol–water partition coefficient (Wildman–Crippen LogP) is 4.87. The van der Waals surface area contributed by atoms with Crippen molar-refractivity contribution in [3.63, 3.8) is 0 Å². The third-order valence-corrected chi connectivity index (χ3v) is 4.13. The highest BCUT2D eigenvalue weighted by Crippen LogP contribution is 2.32. The number of benzene rings is 1. The molecule has 1 rings (SSSR count). The Morgan fingerprint density at radius 1 is 1.15 bits per heavy atom. The van der Waals surface area contributed by atoms with Crippen molar-refractivity contribution in [2.24, 2.45) is 5.92 Å². The number of aryl methyl sites for hydroxylation is 1. The van der Waals surface area contributed by atoms with Crippen LogP contribution in [0, 0.1) is 12.8 Å². The van der Waals surface area contributed by atoms with E-state index in [4.69, 9.17) is 4.74 Å². The molecule has 0 bridgehead atoms. The maximum atomic E-state index is 5.57. The number of hydrogen-bond acceptors (Lipinski definition) is 2. The summed E-state index contributed by atoms with van der Waals surface area (Å²) >= 11 is 0. The molecule has 0 aliphatic heterocycles. The van der Waals surface area contributed by atoms with Crippen molar-refractivity contribution in [3.8, 4) is 5.75 Å². The van der Waals surface area contributed by atoms with Gasteiger partial charge in [0.05, 0.1) is 7.11 Å². The van der Waals surface area contributed by atoms with Crippen LogP contribution in [0.1, 0.15) is 63.6 Å². The summed E-state index contributed by atoms with van der Waals surface area (Å²) in [5, 5.41) is 3.71. The average molecular weight is 277 g/mol. The lowest BCUT2D eigenvalue weighted by atomic mass is 9.90. The van der Waals surface area contributed by atoms with Gasteiger partial charge in [-0.3, -0.25) is 0 Å². The summed E-state index contributed by atoms with van der Waals surface area (Å²) in [6.45, 7) is 10.0. The highest BCUT2D eigenvalue weighted by atomic mass is 16.5. The molecule has 0 aromatic heterocycles.